The van der Waals surface area contributed by atoms with E-state index in [0.29, 0.717) is 24.2 Å². The molecule has 0 atom stereocenters. The predicted molar refractivity (Wildman–Crippen MR) is 117 cm³/mol. The molecule has 0 radical (unpaired) electrons. The highest BCUT2D eigenvalue weighted by molar-refractivity contribution is 7.89. The van der Waals surface area contributed by atoms with E-state index in [-0.39, 0.29) is 10.8 Å². The number of fused-ring (bicyclic) bond motifs is 1. The maximum absolute atomic E-state index is 13.1. The molecule has 1 aliphatic heterocycles. The van der Waals surface area contributed by atoms with Crippen LogP contribution in [0.4, 0.5) is 0 Å². The van der Waals surface area contributed by atoms with Crippen LogP contribution in [0, 0.1) is 13.8 Å². The topological polar surface area (TPSA) is 95.2 Å². The second-order valence-corrected chi connectivity index (χ2v) is 9.31. The van der Waals surface area contributed by atoms with Crippen LogP contribution in [0.2, 0.25) is 0 Å². The van der Waals surface area contributed by atoms with E-state index < -0.39 is 10.0 Å². The number of H-pyrrole nitrogens is 1. The second-order valence-electron chi connectivity index (χ2n) is 7.46. The molecule has 1 aliphatic rings. The number of aromatic nitrogens is 2. The summed E-state index contributed by atoms with van der Waals surface area (Å²) in [6.45, 7) is 4.61. The molecule has 156 valence electrons. The molecule has 0 spiro atoms. The molecule has 0 saturated carbocycles. The summed E-state index contributed by atoms with van der Waals surface area (Å²) in [6.07, 6.45) is 6.49. The molecule has 2 N–H and O–H groups in total. The summed E-state index contributed by atoms with van der Waals surface area (Å²) in [5, 5.41) is 1.07. The van der Waals surface area contributed by atoms with Gasteiger partial charge in [-0.05, 0) is 68.3 Å². The van der Waals surface area contributed by atoms with Gasteiger partial charge in [0.15, 0.2) is 0 Å². The number of nitrogens with zero attached hydrogens (tertiary/aromatic N) is 2. The molecule has 0 bridgehead atoms. The van der Waals surface area contributed by atoms with Crippen molar-refractivity contribution in [3.05, 3.63) is 65.0 Å². The summed E-state index contributed by atoms with van der Waals surface area (Å²) < 4.78 is 27.0. The van der Waals surface area contributed by atoms with Crippen LogP contribution in [-0.4, -0.2) is 49.3 Å². The van der Waals surface area contributed by atoms with Gasteiger partial charge in [-0.15, -0.1) is 0 Å². The first-order valence-corrected chi connectivity index (χ1v) is 11.3. The molecule has 1 aromatic carbocycles. The summed E-state index contributed by atoms with van der Waals surface area (Å²) in [5.41, 5.74) is 4.94. The number of hydrogen-bond acceptors (Lipinski definition) is 4. The van der Waals surface area contributed by atoms with Gasteiger partial charge in [-0.1, -0.05) is 6.08 Å². The highest BCUT2D eigenvalue weighted by atomic mass is 32.2. The van der Waals surface area contributed by atoms with Crippen LogP contribution in [0.5, 0.6) is 0 Å². The number of hydrogen-bond donors (Lipinski definition) is 2. The highest BCUT2D eigenvalue weighted by Crippen LogP contribution is 2.29. The number of rotatable bonds is 4. The zero-order valence-corrected chi connectivity index (χ0v) is 18.0. The maximum atomic E-state index is 13.1. The second kappa shape index (κ2) is 7.70. The number of pyridine rings is 1. The maximum Gasteiger partial charge on any atom is 0.254 e. The number of sulfonamides is 1. The molecule has 3 heterocycles. The van der Waals surface area contributed by atoms with E-state index in [4.69, 9.17) is 0 Å². The predicted octanol–water partition coefficient (Wildman–Crippen LogP) is 3.02. The van der Waals surface area contributed by atoms with Crippen LogP contribution < -0.4 is 4.72 Å². The third-order valence-corrected chi connectivity index (χ3v) is 7.26. The number of nitrogens with one attached hydrogen (secondary N) is 2. The number of amides is 1. The van der Waals surface area contributed by atoms with Crippen molar-refractivity contribution in [2.45, 2.75) is 25.2 Å². The molecule has 7 nitrogen and oxygen atoms in total. The van der Waals surface area contributed by atoms with Gasteiger partial charge in [0, 0.05) is 42.0 Å². The van der Waals surface area contributed by atoms with Gasteiger partial charge in [-0.25, -0.2) is 18.1 Å². The van der Waals surface area contributed by atoms with Gasteiger partial charge >= 0.3 is 0 Å². The first kappa shape index (κ1) is 20.3. The van der Waals surface area contributed by atoms with Crippen molar-refractivity contribution >= 4 is 32.5 Å². The number of aromatic amines is 1. The summed E-state index contributed by atoms with van der Waals surface area (Å²) in [6, 6.07) is 7.18. The lowest BCUT2D eigenvalue weighted by Crippen LogP contribution is -2.35. The minimum atomic E-state index is -3.64. The lowest BCUT2D eigenvalue weighted by atomic mass is 9.98. The van der Waals surface area contributed by atoms with Gasteiger partial charge < -0.3 is 9.88 Å². The van der Waals surface area contributed by atoms with Gasteiger partial charge in [0.25, 0.3) is 5.91 Å². The zero-order valence-electron chi connectivity index (χ0n) is 17.2. The monoisotopic (exact) mass is 424 g/mol. The van der Waals surface area contributed by atoms with Crippen molar-refractivity contribution in [3.63, 3.8) is 0 Å². The van der Waals surface area contributed by atoms with E-state index in [1.807, 2.05) is 25.3 Å². The van der Waals surface area contributed by atoms with E-state index in [1.54, 1.807) is 24.1 Å². The molecule has 0 aliphatic carbocycles. The van der Waals surface area contributed by atoms with Crippen LogP contribution in [-0.2, 0) is 10.0 Å². The first-order chi connectivity index (χ1) is 14.3. The Labute approximate surface area is 175 Å². The summed E-state index contributed by atoms with van der Waals surface area (Å²) in [4.78, 5) is 22.5. The number of carbonyl (C=O) groups is 1. The van der Waals surface area contributed by atoms with Crippen LogP contribution in [0.15, 0.2) is 47.6 Å². The average molecular weight is 425 g/mol. The average Bonchev–Trinajstić information content (AvgIpc) is 3.19. The number of carbonyl (C=O) groups excluding carboxylic acids is 1. The number of benzene rings is 1. The Balaban J connectivity index is 1.60. The van der Waals surface area contributed by atoms with Gasteiger partial charge in [0.1, 0.15) is 5.65 Å². The molecule has 4 rings (SSSR count). The Bertz CT molecular complexity index is 1270. The third kappa shape index (κ3) is 3.53. The highest BCUT2D eigenvalue weighted by Gasteiger charge is 2.24. The van der Waals surface area contributed by atoms with Crippen molar-refractivity contribution in [3.8, 4) is 0 Å². The first-order valence-electron chi connectivity index (χ1n) is 9.77. The van der Waals surface area contributed by atoms with Crippen molar-refractivity contribution in [1.29, 1.82) is 0 Å². The largest absolute Gasteiger partial charge is 0.346 e. The van der Waals surface area contributed by atoms with E-state index in [9.17, 15) is 13.2 Å². The van der Waals surface area contributed by atoms with E-state index in [1.165, 1.54) is 18.7 Å². The molecule has 30 heavy (non-hydrogen) atoms. The third-order valence-electron chi connectivity index (χ3n) is 5.72. The zero-order chi connectivity index (χ0) is 21.5. The standard InChI is InChI=1S/C22H24N4O3S/c1-14-11-17(12-20(15(14)2)30(28,29)23-3)22(27)26-9-6-16(7-10-26)19-13-25-21-18(19)5-4-8-24-21/h4-6,8,11-13,23H,7,9-10H2,1-3H3,(H,24,25). The van der Waals surface area contributed by atoms with Crippen molar-refractivity contribution < 1.29 is 13.2 Å². The summed E-state index contributed by atoms with van der Waals surface area (Å²) in [5.74, 6) is -0.165. The molecule has 0 saturated heterocycles. The SMILES string of the molecule is CNS(=O)(=O)c1cc(C(=O)N2CC=C(c3c[nH]c4ncccc34)CC2)cc(C)c1C. The Hall–Kier alpha value is -2.97. The minimum Gasteiger partial charge on any atom is -0.346 e. The fourth-order valence-corrected chi connectivity index (χ4v) is 4.91. The van der Waals surface area contributed by atoms with Gasteiger partial charge in [0.05, 0.1) is 4.90 Å². The van der Waals surface area contributed by atoms with Crippen molar-refractivity contribution in [1.82, 2.24) is 19.6 Å². The van der Waals surface area contributed by atoms with Crippen molar-refractivity contribution in [2.24, 2.45) is 0 Å². The Morgan fingerprint density at radius 2 is 2.07 bits per heavy atom. The molecule has 8 heteroatoms. The van der Waals surface area contributed by atoms with Gasteiger partial charge in [0.2, 0.25) is 10.0 Å². The fourth-order valence-electron chi connectivity index (χ4n) is 3.84. The number of aryl methyl sites for hydroxylation is 1. The Morgan fingerprint density at radius 3 is 2.77 bits per heavy atom. The summed E-state index contributed by atoms with van der Waals surface area (Å²) >= 11 is 0. The quantitative estimate of drug-likeness (QED) is 0.673. The van der Waals surface area contributed by atoms with Crippen LogP contribution >= 0.6 is 0 Å². The normalized spacial score (nSPS) is 14.8. The molecule has 0 unspecified atom stereocenters. The molecule has 0 fully saturated rings. The summed E-state index contributed by atoms with van der Waals surface area (Å²) in [7, 11) is -2.27. The van der Waals surface area contributed by atoms with Crippen LogP contribution in [0.25, 0.3) is 16.6 Å². The van der Waals surface area contributed by atoms with Gasteiger partial charge in [-0.2, -0.15) is 0 Å². The minimum absolute atomic E-state index is 0.146. The fraction of sp³-hybridized carbons (Fsp3) is 0.273. The molecular formula is C22H24N4O3S. The molecule has 3 aromatic rings. The van der Waals surface area contributed by atoms with E-state index >= 15 is 0 Å². The molecular weight excluding hydrogens is 400 g/mol. The smallest absolute Gasteiger partial charge is 0.254 e. The molecule has 1 amide bonds. The Morgan fingerprint density at radius 1 is 1.27 bits per heavy atom. The van der Waals surface area contributed by atoms with Crippen LogP contribution in [0.3, 0.4) is 0 Å². The van der Waals surface area contributed by atoms with E-state index in [2.05, 4.69) is 20.8 Å². The Kier molecular flexibility index (Phi) is 5.21. The lowest BCUT2D eigenvalue weighted by molar-refractivity contribution is 0.0772. The van der Waals surface area contributed by atoms with E-state index in [0.717, 1.165) is 28.6 Å². The lowest BCUT2D eigenvalue weighted by Gasteiger charge is -2.27. The van der Waals surface area contributed by atoms with Crippen LogP contribution in [0.1, 0.15) is 33.5 Å². The molecule has 2 aromatic heterocycles. The van der Waals surface area contributed by atoms with Gasteiger partial charge in [-0.3, -0.25) is 4.79 Å². The van der Waals surface area contributed by atoms with Crippen molar-refractivity contribution in [2.75, 3.05) is 20.1 Å².